The average Bonchev–Trinajstić information content (AvgIpc) is 2.50. The van der Waals surface area contributed by atoms with Gasteiger partial charge in [0, 0.05) is 18.5 Å². The van der Waals surface area contributed by atoms with Crippen LogP contribution in [0.25, 0.3) is 0 Å². The van der Waals surface area contributed by atoms with Gasteiger partial charge in [0.05, 0.1) is 12.2 Å². The lowest BCUT2D eigenvalue weighted by Gasteiger charge is -2.00. The van der Waals surface area contributed by atoms with Crippen LogP contribution in [0.15, 0.2) is 44.0 Å². The molecule has 1 aromatic heterocycles. The zero-order chi connectivity index (χ0) is 10.4. The van der Waals surface area contributed by atoms with Crippen molar-refractivity contribution in [3.63, 3.8) is 0 Å². The normalized spacial score (nSPS) is 9.71. The van der Waals surface area contributed by atoms with Crippen LogP contribution in [0, 0.1) is 0 Å². The van der Waals surface area contributed by atoms with Crippen molar-refractivity contribution in [1.82, 2.24) is 9.78 Å². The Labute approximate surface area is 85.3 Å². The molecule has 2 nitrogen and oxygen atoms in total. The lowest BCUT2D eigenvalue weighted by atomic mass is 10.2. The molecule has 0 atom stereocenters. The molecule has 0 spiro atoms. The Morgan fingerprint density at radius 2 is 1.86 bits per heavy atom. The molecule has 0 unspecified atom stereocenters. The minimum atomic E-state index is 0.750. The monoisotopic (exact) mass is 188 g/mol. The second-order valence-corrected chi connectivity index (χ2v) is 3.08. The highest BCUT2D eigenvalue weighted by Gasteiger charge is 2.03. The first kappa shape index (κ1) is 10.5. The van der Waals surface area contributed by atoms with Gasteiger partial charge in [-0.2, -0.15) is 5.10 Å². The maximum atomic E-state index is 4.43. The van der Waals surface area contributed by atoms with Gasteiger partial charge in [-0.1, -0.05) is 18.2 Å². The molecule has 0 radical (unpaired) electrons. The van der Waals surface area contributed by atoms with Crippen LogP contribution in [-0.2, 0) is 19.4 Å². The maximum absolute atomic E-state index is 4.43. The molecule has 2 heteroatoms. The molecular weight excluding hydrogens is 172 g/mol. The smallest absolute Gasteiger partial charge is 0.0665 e. The number of aromatic nitrogens is 2. The first-order chi connectivity index (χ1) is 6.81. The van der Waals surface area contributed by atoms with Crippen molar-refractivity contribution in [2.24, 2.45) is 0 Å². The standard InChI is InChI=1S/C12H16N2/c1-4-7-11-10-12(8-5-2)14(13-11)9-6-3/h4-6,10H,1-3,7-9H2. The van der Waals surface area contributed by atoms with E-state index in [4.69, 9.17) is 0 Å². The number of nitrogens with zero attached hydrogens (tertiary/aromatic N) is 2. The van der Waals surface area contributed by atoms with E-state index in [-0.39, 0.29) is 0 Å². The molecule has 0 amide bonds. The van der Waals surface area contributed by atoms with E-state index < -0.39 is 0 Å². The van der Waals surface area contributed by atoms with Crippen LogP contribution in [0.1, 0.15) is 11.4 Å². The van der Waals surface area contributed by atoms with Gasteiger partial charge in [-0.25, -0.2) is 0 Å². The molecular formula is C12H16N2. The Balaban J connectivity index is 2.91. The molecule has 74 valence electrons. The fourth-order valence-electron chi connectivity index (χ4n) is 1.36. The SMILES string of the molecule is C=CCc1cc(CC=C)n(CC=C)n1. The third-order valence-corrected chi connectivity index (χ3v) is 1.92. The molecule has 0 N–H and O–H groups in total. The molecule has 1 aromatic rings. The molecule has 0 fully saturated rings. The van der Waals surface area contributed by atoms with E-state index in [0.717, 1.165) is 25.1 Å². The Hall–Kier alpha value is -1.57. The van der Waals surface area contributed by atoms with Crippen LogP contribution in [0.3, 0.4) is 0 Å². The average molecular weight is 188 g/mol. The Morgan fingerprint density at radius 3 is 2.43 bits per heavy atom. The highest BCUT2D eigenvalue weighted by atomic mass is 15.3. The molecule has 0 aliphatic rings. The summed E-state index contributed by atoms with van der Waals surface area (Å²) in [5.74, 6) is 0. The Kier molecular flexibility index (Phi) is 3.92. The number of hydrogen-bond donors (Lipinski definition) is 0. The highest BCUT2D eigenvalue weighted by Crippen LogP contribution is 2.07. The number of rotatable bonds is 6. The fourth-order valence-corrected chi connectivity index (χ4v) is 1.36. The summed E-state index contributed by atoms with van der Waals surface area (Å²) in [4.78, 5) is 0. The van der Waals surface area contributed by atoms with E-state index in [1.165, 1.54) is 5.69 Å². The summed E-state index contributed by atoms with van der Waals surface area (Å²) in [5.41, 5.74) is 2.23. The van der Waals surface area contributed by atoms with Crippen LogP contribution in [0.2, 0.25) is 0 Å². The second kappa shape index (κ2) is 5.22. The van der Waals surface area contributed by atoms with Gasteiger partial charge in [-0.3, -0.25) is 4.68 Å². The zero-order valence-corrected chi connectivity index (χ0v) is 8.45. The van der Waals surface area contributed by atoms with E-state index >= 15 is 0 Å². The second-order valence-electron chi connectivity index (χ2n) is 3.08. The van der Waals surface area contributed by atoms with Crippen molar-refractivity contribution in [3.8, 4) is 0 Å². The number of hydrogen-bond acceptors (Lipinski definition) is 1. The first-order valence-corrected chi connectivity index (χ1v) is 4.70. The molecule has 0 aliphatic carbocycles. The van der Waals surface area contributed by atoms with Crippen molar-refractivity contribution in [2.75, 3.05) is 0 Å². The van der Waals surface area contributed by atoms with Crippen LogP contribution in [-0.4, -0.2) is 9.78 Å². The Morgan fingerprint density at radius 1 is 1.14 bits per heavy atom. The van der Waals surface area contributed by atoms with Crippen LogP contribution < -0.4 is 0 Å². The molecule has 1 rings (SSSR count). The van der Waals surface area contributed by atoms with Crippen molar-refractivity contribution in [2.45, 2.75) is 19.4 Å². The van der Waals surface area contributed by atoms with Crippen LogP contribution in [0.4, 0.5) is 0 Å². The summed E-state index contributed by atoms with van der Waals surface area (Å²) in [5, 5.41) is 4.43. The lowest BCUT2D eigenvalue weighted by molar-refractivity contribution is 0.661. The predicted octanol–water partition coefficient (Wildman–Crippen LogP) is 2.53. The van der Waals surface area contributed by atoms with Crippen molar-refractivity contribution < 1.29 is 0 Å². The first-order valence-electron chi connectivity index (χ1n) is 4.70. The molecule has 0 saturated heterocycles. The summed E-state index contributed by atoms with van der Waals surface area (Å²) >= 11 is 0. The van der Waals surface area contributed by atoms with Gasteiger partial charge in [0.2, 0.25) is 0 Å². The highest BCUT2D eigenvalue weighted by molar-refractivity contribution is 5.15. The van der Waals surface area contributed by atoms with Gasteiger partial charge in [0.1, 0.15) is 0 Å². The summed E-state index contributed by atoms with van der Waals surface area (Å²) in [6.07, 6.45) is 7.25. The van der Waals surface area contributed by atoms with E-state index in [0.29, 0.717) is 0 Å². The van der Waals surface area contributed by atoms with Gasteiger partial charge in [-0.05, 0) is 6.07 Å². The van der Waals surface area contributed by atoms with E-state index in [9.17, 15) is 0 Å². The fraction of sp³-hybridized carbons (Fsp3) is 0.250. The summed E-state index contributed by atoms with van der Waals surface area (Å²) in [7, 11) is 0. The van der Waals surface area contributed by atoms with Gasteiger partial charge in [-0.15, -0.1) is 19.7 Å². The molecule has 1 heterocycles. The summed E-state index contributed by atoms with van der Waals surface area (Å²) in [6, 6.07) is 2.09. The van der Waals surface area contributed by atoms with E-state index in [2.05, 4.69) is 30.9 Å². The molecule has 0 bridgehead atoms. The quantitative estimate of drug-likeness (QED) is 0.627. The van der Waals surface area contributed by atoms with Gasteiger partial charge in [0.25, 0.3) is 0 Å². The largest absolute Gasteiger partial charge is 0.265 e. The molecule has 0 aliphatic heterocycles. The molecule has 0 aromatic carbocycles. The minimum Gasteiger partial charge on any atom is -0.265 e. The topological polar surface area (TPSA) is 17.8 Å². The third-order valence-electron chi connectivity index (χ3n) is 1.92. The summed E-state index contributed by atoms with van der Waals surface area (Å²) in [6.45, 7) is 11.9. The van der Waals surface area contributed by atoms with E-state index in [1.807, 2.05) is 22.9 Å². The van der Waals surface area contributed by atoms with Gasteiger partial charge in [0.15, 0.2) is 0 Å². The van der Waals surface area contributed by atoms with E-state index in [1.54, 1.807) is 0 Å². The molecule has 0 saturated carbocycles. The van der Waals surface area contributed by atoms with Crippen molar-refractivity contribution in [1.29, 1.82) is 0 Å². The van der Waals surface area contributed by atoms with Gasteiger partial charge >= 0.3 is 0 Å². The number of allylic oxidation sites excluding steroid dienone is 3. The minimum absolute atomic E-state index is 0.750. The van der Waals surface area contributed by atoms with Gasteiger partial charge < -0.3 is 0 Å². The summed E-state index contributed by atoms with van der Waals surface area (Å²) < 4.78 is 1.95. The third kappa shape index (κ3) is 2.46. The lowest BCUT2D eigenvalue weighted by Crippen LogP contribution is -2.02. The maximum Gasteiger partial charge on any atom is 0.0665 e. The van der Waals surface area contributed by atoms with Crippen molar-refractivity contribution in [3.05, 3.63) is 55.4 Å². The molecule has 14 heavy (non-hydrogen) atoms. The van der Waals surface area contributed by atoms with Crippen molar-refractivity contribution >= 4 is 0 Å². The zero-order valence-electron chi connectivity index (χ0n) is 8.45. The van der Waals surface area contributed by atoms with Crippen LogP contribution in [0.5, 0.6) is 0 Å². The predicted molar refractivity (Wildman–Crippen MR) is 60.2 cm³/mol. The van der Waals surface area contributed by atoms with Crippen LogP contribution >= 0.6 is 0 Å². The Bertz CT molecular complexity index is 307.